The molecule has 0 spiro atoms. The van der Waals surface area contributed by atoms with Crippen LogP contribution >= 0.6 is 0 Å². The van der Waals surface area contributed by atoms with Crippen LogP contribution in [0, 0.1) is 5.82 Å². The van der Waals surface area contributed by atoms with E-state index in [-0.39, 0.29) is 5.82 Å². The molecule has 0 amide bonds. The smallest absolute Gasteiger partial charge is 0.123 e. The first-order valence-electron chi connectivity index (χ1n) is 9.32. The molecule has 1 aliphatic heterocycles. The Morgan fingerprint density at radius 3 is 2.73 bits per heavy atom. The van der Waals surface area contributed by atoms with Crippen LogP contribution in [0.4, 0.5) is 4.39 Å². The van der Waals surface area contributed by atoms with E-state index in [0.29, 0.717) is 5.92 Å². The van der Waals surface area contributed by atoms with Crippen molar-refractivity contribution in [2.75, 3.05) is 13.1 Å². The van der Waals surface area contributed by atoms with Crippen molar-refractivity contribution in [3.8, 4) is 11.1 Å². The Labute approximate surface area is 153 Å². The number of nitrogens with zero attached hydrogens (tertiary/aromatic N) is 2. The second-order valence-electron chi connectivity index (χ2n) is 6.98. The summed E-state index contributed by atoms with van der Waals surface area (Å²) >= 11 is 0. The second kappa shape index (κ2) is 7.46. The van der Waals surface area contributed by atoms with Gasteiger partial charge in [0.15, 0.2) is 0 Å². The molecule has 0 radical (unpaired) electrons. The summed E-state index contributed by atoms with van der Waals surface area (Å²) in [5, 5.41) is 7.39. The van der Waals surface area contributed by atoms with Crippen LogP contribution in [0.5, 0.6) is 0 Å². The van der Waals surface area contributed by atoms with Gasteiger partial charge >= 0.3 is 0 Å². The van der Waals surface area contributed by atoms with Crippen LogP contribution in [0.3, 0.4) is 0 Å². The van der Waals surface area contributed by atoms with Crippen LogP contribution in [0.15, 0.2) is 47.0 Å². The molecular formula is C21H24FN3O. The Kier molecular flexibility index (Phi) is 4.89. The number of aromatic amines is 1. The van der Waals surface area contributed by atoms with E-state index in [2.05, 4.69) is 34.2 Å². The van der Waals surface area contributed by atoms with Crippen molar-refractivity contribution in [1.82, 2.24) is 15.1 Å². The third-order valence-electron chi connectivity index (χ3n) is 5.25. The van der Waals surface area contributed by atoms with Gasteiger partial charge < -0.3 is 4.42 Å². The van der Waals surface area contributed by atoms with E-state index in [9.17, 15) is 4.39 Å². The van der Waals surface area contributed by atoms with E-state index in [1.165, 1.54) is 6.07 Å². The third-order valence-corrected chi connectivity index (χ3v) is 5.25. The molecule has 26 heavy (non-hydrogen) atoms. The predicted molar refractivity (Wildman–Crippen MR) is 99.3 cm³/mol. The molecular weight excluding hydrogens is 329 g/mol. The second-order valence-corrected chi connectivity index (χ2v) is 6.98. The van der Waals surface area contributed by atoms with Crippen LogP contribution in [0.1, 0.15) is 42.9 Å². The van der Waals surface area contributed by atoms with Crippen molar-refractivity contribution in [1.29, 1.82) is 0 Å². The quantitative estimate of drug-likeness (QED) is 0.720. The maximum Gasteiger partial charge on any atom is 0.123 e. The van der Waals surface area contributed by atoms with Crippen molar-refractivity contribution in [3.63, 3.8) is 0 Å². The Balaban J connectivity index is 1.42. The lowest BCUT2D eigenvalue weighted by atomic mass is 9.89. The maximum atomic E-state index is 13.6. The standard InChI is InChI=1S/C21H24FN3O/c1-2-18-6-7-19(26-18)14-25-10-8-15(9-11-25)21-20(13-23-24-21)16-4-3-5-17(22)12-16/h3-7,12-13,15H,2,8-11,14H2,1H3,(H,23,24). The number of hydrogen-bond donors (Lipinski definition) is 1. The van der Waals surface area contributed by atoms with Crippen molar-refractivity contribution in [3.05, 3.63) is 65.6 Å². The topological polar surface area (TPSA) is 45.1 Å². The zero-order chi connectivity index (χ0) is 17.9. The lowest BCUT2D eigenvalue weighted by Crippen LogP contribution is -2.32. The molecule has 5 heteroatoms. The van der Waals surface area contributed by atoms with Gasteiger partial charge in [-0.3, -0.25) is 10.00 Å². The van der Waals surface area contributed by atoms with E-state index in [0.717, 1.165) is 67.2 Å². The fourth-order valence-corrected chi connectivity index (χ4v) is 3.79. The van der Waals surface area contributed by atoms with Crippen molar-refractivity contribution in [2.24, 2.45) is 0 Å². The third kappa shape index (κ3) is 3.58. The maximum absolute atomic E-state index is 13.6. The molecule has 0 aliphatic carbocycles. The molecule has 3 aromatic rings. The number of halogens is 1. The van der Waals surface area contributed by atoms with E-state index < -0.39 is 0 Å². The van der Waals surface area contributed by atoms with Crippen LogP contribution < -0.4 is 0 Å². The number of H-pyrrole nitrogens is 1. The zero-order valence-electron chi connectivity index (χ0n) is 15.0. The molecule has 4 nitrogen and oxygen atoms in total. The van der Waals surface area contributed by atoms with Gasteiger partial charge in [-0.15, -0.1) is 0 Å². The lowest BCUT2D eigenvalue weighted by molar-refractivity contribution is 0.188. The van der Waals surface area contributed by atoms with Gasteiger partial charge in [0.05, 0.1) is 12.7 Å². The molecule has 0 bridgehead atoms. The number of aromatic nitrogens is 2. The summed E-state index contributed by atoms with van der Waals surface area (Å²) in [7, 11) is 0. The molecule has 2 aromatic heterocycles. The van der Waals surface area contributed by atoms with E-state index >= 15 is 0 Å². The van der Waals surface area contributed by atoms with Crippen LogP contribution in [0.25, 0.3) is 11.1 Å². The molecule has 1 aliphatic rings. The highest BCUT2D eigenvalue weighted by Crippen LogP contribution is 2.34. The first-order valence-corrected chi connectivity index (χ1v) is 9.32. The molecule has 1 aromatic carbocycles. The Hall–Kier alpha value is -2.40. The van der Waals surface area contributed by atoms with Gasteiger partial charge in [0.1, 0.15) is 17.3 Å². The van der Waals surface area contributed by atoms with Crippen molar-refractivity contribution >= 4 is 0 Å². The number of aryl methyl sites for hydroxylation is 1. The Bertz CT molecular complexity index is 862. The molecule has 4 rings (SSSR count). The van der Waals surface area contributed by atoms with Crippen molar-refractivity contribution < 1.29 is 8.81 Å². The summed E-state index contributed by atoms with van der Waals surface area (Å²) in [6, 6.07) is 10.9. The average Bonchev–Trinajstić information content (AvgIpc) is 3.32. The number of nitrogens with one attached hydrogen (secondary N) is 1. The number of rotatable bonds is 5. The summed E-state index contributed by atoms with van der Waals surface area (Å²) in [5.41, 5.74) is 3.03. The molecule has 1 fully saturated rings. The highest BCUT2D eigenvalue weighted by Gasteiger charge is 2.25. The molecule has 3 heterocycles. The Morgan fingerprint density at radius 1 is 1.19 bits per heavy atom. The summed E-state index contributed by atoms with van der Waals surface area (Å²) in [6.45, 7) is 5.02. The first-order chi connectivity index (χ1) is 12.7. The number of furan rings is 1. The molecule has 1 saturated heterocycles. The normalized spacial score (nSPS) is 16.2. The summed E-state index contributed by atoms with van der Waals surface area (Å²) in [5.74, 6) is 2.30. The Morgan fingerprint density at radius 2 is 2.00 bits per heavy atom. The van der Waals surface area contributed by atoms with Crippen LogP contribution in [0.2, 0.25) is 0 Å². The van der Waals surface area contributed by atoms with Gasteiger partial charge in [0, 0.05) is 23.6 Å². The molecule has 136 valence electrons. The van der Waals surface area contributed by atoms with Gasteiger partial charge in [0.2, 0.25) is 0 Å². The lowest BCUT2D eigenvalue weighted by Gasteiger charge is -2.31. The minimum absolute atomic E-state index is 0.214. The van der Waals surface area contributed by atoms with Crippen molar-refractivity contribution in [2.45, 2.75) is 38.6 Å². The van der Waals surface area contributed by atoms with Crippen LogP contribution in [-0.4, -0.2) is 28.2 Å². The highest BCUT2D eigenvalue weighted by atomic mass is 19.1. The molecule has 0 atom stereocenters. The molecule has 1 N–H and O–H groups in total. The van der Waals surface area contributed by atoms with E-state index in [1.54, 1.807) is 12.1 Å². The minimum atomic E-state index is -0.214. The summed E-state index contributed by atoms with van der Waals surface area (Å²) < 4.78 is 19.4. The number of piperidine rings is 1. The number of benzene rings is 1. The monoisotopic (exact) mass is 353 g/mol. The van der Waals surface area contributed by atoms with Gasteiger partial charge in [-0.1, -0.05) is 19.1 Å². The fourth-order valence-electron chi connectivity index (χ4n) is 3.79. The van der Waals surface area contributed by atoms with Gasteiger partial charge in [-0.25, -0.2) is 4.39 Å². The predicted octanol–water partition coefficient (Wildman–Crippen LogP) is 4.75. The fraction of sp³-hybridized carbons (Fsp3) is 0.381. The average molecular weight is 353 g/mol. The van der Waals surface area contributed by atoms with Gasteiger partial charge in [0.25, 0.3) is 0 Å². The minimum Gasteiger partial charge on any atom is -0.465 e. The summed E-state index contributed by atoms with van der Waals surface area (Å²) in [4.78, 5) is 2.44. The van der Waals surface area contributed by atoms with Crippen LogP contribution in [-0.2, 0) is 13.0 Å². The largest absolute Gasteiger partial charge is 0.465 e. The van der Waals surface area contributed by atoms with E-state index in [4.69, 9.17) is 4.42 Å². The number of likely N-dealkylation sites (tertiary alicyclic amines) is 1. The zero-order valence-corrected chi connectivity index (χ0v) is 15.0. The molecule has 0 saturated carbocycles. The number of hydrogen-bond acceptors (Lipinski definition) is 3. The highest BCUT2D eigenvalue weighted by molar-refractivity contribution is 5.65. The SMILES string of the molecule is CCc1ccc(CN2CCC(c3[nH]ncc3-c3cccc(F)c3)CC2)o1. The summed E-state index contributed by atoms with van der Waals surface area (Å²) in [6.07, 6.45) is 4.87. The van der Waals surface area contributed by atoms with E-state index in [1.807, 2.05) is 12.3 Å². The first kappa shape index (κ1) is 17.0. The van der Waals surface area contributed by atoms with Gasteiger partial charge in [-0.2, -0.15) is 5.10 Å². The molecule has 0 unspecified atom stereocenters. The van der Waals surface area contributed by atoms with Gasteiger partial charge in [-0.05, 0) is 55.8 Å².